The first-order valence-corrected chi connectivity index (χ1v) is 7.10. The SMILES string of the molecule is Cc1cc(-c2cc(-c3ccc(O)cc3)n(C)n2)cc(C)c1O. The van der Waals surface area contributed by atoms with E-state index in [1.165, 1.54) is 0 Å². The fourth-order valence-electron chi connectivity index (χ4n) is 2.61. The third-order valence-electron chi connectivity index (χ3n) is 3.83. The quantitative estimate of drug-likeness (QED) is 0.756. The molecule has 0 saturated heterocycles. The number of phenols is 2. The van der Waals surface area contributed by atoms with E-state index in [1.54, 1.807) is 12.1 Å². The summed E-state index contributed by atoms with van der Waals surface area (Å²) < 4.78 is 1.82. The zero-order valence-electron chi connectivity index (χ0n) is 12.8. The number of nitrogens with zero attached hydrogens (tertiary/aromatic N) is 2. The zero-order chi connectivity index (χ0) is 15.9. The summed E-state index contributed by atoms with van der Waals surface area (Å²) in [5.41, 5.74) is 5.48. The highest BCUT2D eigenvalue weighted by atomic mass is 16.3. The molecule has 0 spiro atoms. The van der Waals surface area contributed by atoms with Gasteiger partial charge >= 0.3 is 0 Å². The minimum atomic E-state index is 0.246. The monoisotopic (exact) mass is 294 g/mol. The predicted octanol–water partition coefficient (Wildman–Crippen LogP) is 3.78. The Bertz CT molecular complexity index is 810. The molecule has 2 aromatic carbocycles. The molecule has 1 heterocycles. The molecule has 0 amide bonds. The van der Waals surface area contributed by atoms with Crippen molar-refractivity contribution in [3.63, 3.8) is 0 Å². The number of benzene rings is 2. The second kappa shape index (κ2) is 5.22. The van der Waals surface area contributed by atoms with Crippen molar-refractivity contribution < 1.29 is 10.2 Å². The zero-order valence-corrected chi connectivity index (χ0v) is 12.8. The van der Waals surface area contributed by atoms with Gasteiger partial charge in [0.05, 0.1) is 11.4 Å². The van der Waals surface area contributed by atoms with Crippen LogP contribution in [0.3, 0.4) is 0 Å². The predicted molar refractivity (Wildman–Crippen MR) is 86.9 cm³/mol. The van der Waals surface area contributed by atoms with Crippen molar-refractivity contribution in [1.29, 1.82) is 0 Å². The van der Waals surface area contributed by atoms with Gasteiger partial charge in [-0.2, -0.15) is 5.10 Å². The molecule has 0 radical (unpaired) electrons. The van der Waals surface area contributed by atoms with Gasteiger partial charge in [0.1, 0.15) is 11.5 Å². The van der Waals surface area contributed by atoms with Gasteiger partial charge in [-0.05, 0) is 67.4 Å². The van der Waals surface area contributed by atoms with Crippen LogP contribution in [0.2, 0.25) is 0 Å². The van der Waals surface area contributed by atoms with E-state index in [0.29, 0.717) is 5.75 Å². The molecular weight excluding hydrogens is 276 g/mol. The molecule has 0 atom stereocenters. The van der Waals surface area contributed by atoms with E-state index in [-0.39, 0.29) is 5.75 Å². The number of hydrogen-bond donors (Lipinski definition) is 2. The smallest absolute Gasteiger partial charge is 0.121 e. The second-order valence-electron chi connectivity index (χ2n) is 5.54. The maximum Gasteiger partial charge on any atom is 0.121 e. The first kappa shape index (κ1) is 14.2. The molecule has 1 aromatic heterocycles. The van der Waals surface area contributed by atoms with E-state index in [1.807, 2.05) is 55.9 Å². The molecule has 0 bridgehead atoms. The molecule has 0 aliphatic carbocycles. The van der Waals surface area contributed by atoms with Crippen molar-refractivity contribution in [2.24, 2.45) is 7.05 Å². The van der Waals surface area contributed by atoms with Crippen molar-refractivity contribution in [3.05, 3.63) is 53.6 Å². The van der Waals surface area contributed by atoms with E-state index in [0.717, 1.165) is 33.6 Å². The first-order valence-electron chi connectivity index (χ1n) is 7.10. The fraction of sp³-hybridized carbons (Fsp3) is 0.167. The second-order valence-corrected chi connectivity index (χ2v) is 5.54. The summed E-state index contributed by atoms with van der Waals surface area (Å²) in [6.45, 7) is 3.77. The molecule has 0 unspecified atom stereocenters. The van der Waals surface area contributed by atoms with Crippen LogP contribution in [0.15, 0.2) is 42.5 Å². The van der Waals surface area contributed by atoms with E-state index in [9.17, 15) is 10.2 Å². The highest BCUT2D eigenvalue weighted by Crippen LogP contribution is 2.31. The lowest BCUT2D eigenvalue weighted by molar-refractivity contribution is 0.467. The Labute approximate surface area is 129 Å². The Balaban J connectivity index is 2.07. The maximum atomic E-state index is 9.89. The van der Waals surface area contributed by atoms with Gasteiger partial charge in [-0.3, -0.25) is 4.68 Å². The van der Waals surface area contributed by atoms with E-state index < -0.39 is 0 Å². The van der Waals surface area contributed by atoms with E-state index >= 15 is 0 Å². The largest absolute Gasteiger partial charge is 0.508 e. The first-order chi connectivity index (χ1) is 10.5. The van der Waals surface area contributed by atoms with Gasteiger partial charge in [-0.25, -0.2) is 0 Å². The molecule has 4 heteroatoms. The van der Waals surface area contributed by atoms with Crippen LogP contribution < -0.4 is 0 Å². The van der Waals surface area contributed by atoms with Crippen LogP contribution in [0.5, 0.6) is 11.5 Å². The van der Waals surface area contributed by atoms with Crippen LogP contribution in [0.4, 0.5) is 0 Å². The van der Waals surface area contributed by atoms with E-state index in [2.05, 4.69) is 5.10 Å². The van der Waals surface area contributed by atoms with Crippen molar-refractivity contribution in [1.82, 2.24) is 9.78 Å². The van der Waals surface area contributed by atoms with Crippen LogP contribution in [-0.2, 0) is 7.05 Å². The summed E-state index contributed by atoms with van der Waals surface area (Å²) in [7, 11) is 1.89. The molecule has 0 saturated carbocycles. The van der Waals surface area contributed by atoms with Crippen LogP contribution in [0.25, 0.3) is 22.5 Å². The lowest BCUT2D eigenvalue weighted by Gasteiger charge is -2.05. The van der Waals surface area contributed by atoms with Gasteiger partial charge in [0, 0.05) is 18.2 Å². The number of hydrogen-bond acceptors (Lipinski definition) is 3. The number of phenolic OH excluding ortho intramolecular Hbond substituents is 2. The number of aryl methyl sites for hydroxylation is 3. The standard InChI is InChI=1S/C18H18N2O2/c1-11-8-14(9-12(2)18(11)22)16-10-17(20(3)19-16)13-4-6-15(21)7-5-13/h4-10,21-22H,1-3H3. The summed E-state index contributed by atoms with van der Waals surface area (Å²) in [6, 6.07) is 12.9. The number of rotatable bonds is 2. The van der Waals surface area contributed by atoms with Crippen LogP contribution in [0.1, 0.15) is 11.1 Å². The third-order valence-corrected chi connectivity index (χ3v) is 3.83. The average molecular weight is 294 g/mol. The molecule has 0 aliphatic rings. The van der Waals surface area contributed by atoms with Gasteiger partial charge < -0.3 is 10.2 Å². The van der Waals surface area contributed by atoms with Gasteiger partial charge in [0.2, 0.25) is 0 Å². The summed E-state index contributed by atoms with van der Waals surface area (Å²) >= 11 is 0. The van der Waals surface area contributed by atoms with Gasteiger partial charge in [-0.15, -0.1) is 0 Å². The topological polar surface area (TPSA) is 58.3 Å². The summed E-state index contributed by atoms with van der Waals surface area (Å²) in [6.07, 6.45) is 0. The fourth-order valence-corrected chi connectivity index (χ4v) is 2.61. The van der Waals surface area contributed by atoms with Gasteiger partial charge in [0.15, 0.2) is 0 Å². The van der Waals surface area contributed by atoms with Crippen molar-refractivity contribution in [2.75, 3.05) is 0 Å². The Morgan fingerprint density at radius 1 is 0.864 bits per heavy atom. The van der Waals surface area contributed by atoms with Crippen molar-refractivity contribution in [3.8, 4) is 34.0 Å². The Kier molecular flexibility index (Phi) is 3.37. The van der Waals surface area contributed by atoms with Crippen molar-refractivity contribution >= 4 is 0 Å². The minimum absolute atomic E-state index is 0.246. The third kappa shape index (κ3) is 2.44. The van der Waals surface area contributed by atoms with Crippen LogP contribution >= 0.6 is 0 Å². The summed E-state index contributed by atoms with van der Waals surface area (Å²) in [5.74, 6) is 0.578. The molecule has 4 nitrogen and oxygen atoms in total. The molecule has 0 aliphatic heterocycles. The highest BCUT2D eigenvalue weighted by molar-refractivity contribution is 5.70. The average Bonchev–Trinajstić information content (AvgIpc) is 2.87. The summed E-state index contributed by atoms with van der Waals surface area (Å²) in [5, 5.41) is 23.9. The number of aromatic nitrogens is 2. The van der Waals surface area contributed by atoms with Gasteiger partial charge in [0.25, 0.3) is 0 Å². The molecule has 3 aromatic rings. The highest BCUT2D eigenvalue weighted by Gasteiger charge is 2.11. The molecular formula is C18H18N2O2. The molecule has 2 N–H and O–H groups in total. The Hall–Kier alpha value is -2.75. The molecule has 0 fully saturated rings. The van der Waals surface area contributed by atoms with Crippen LogP contribution in [-0.4, -0.2) is 20.0 Å². The lowest BCUT2D eigenvalue weighted by atomic mass is 10.0. The number of aromatic hydroxyl groups is 2. The summed E-state index contributed by atoms with van der Waals surface area (Å²) in [4.78, 5) is 0. The molecule has 112 valence electrons. The van der Waals surface area contributed by atoms with E-state index in [4.69, 9.17) is 0 Å². The van der Waals surface area contributed by atoms with Crippen LogP contribution in [0, 0.1) is 13.8 Å². The van der Waals surface area contributed by atoms with Crippen molar-refractivity contribution in [2.45, 2.75) is 13.8 Å². The normalized spacial score (nSPS) is 10.9. The Morgan fingerprint density at radius 3 is 2.05 bits per heavy atom. The Morgan fingerprint density at radius 2 is 1.45 bits per heavy atom. The lowest BCUT2D eigenvalue weighted by Crippen LogP contribution is -1.93. The maximum absolute atomic E-state index is 9.89. The minimum Gasteiger partial charge on any atom is -0.508 e. The van der Waals surface area contributed by atoms with Gasteiger partial charge in [-0.1, -0.05) is 0 Å². The molecule has 22 heavy (non-hydrogen) atoms. The molecule has 3 rings (SSSR count).